The number of thiazole rings is 1. The highest BCUT2D eigenvalue weighted by Crippen LogP contribution is 2.32. The number of rotatable bonds is 3. The second kappa shape index (κ2) is 6.80. The Hall–Kier alpha value is -2.47. The monoisotopic (exact) mass is 355 g/mol. The van der Waals surface area contributed by atoms with Crippen molar-refractivity contribution in [3.63, 3.8) is 0 Å². The van der Waals surface area contributed by atoms with Gasteiger partial charge >= 0.3 is 0 Å². The van der Waals surface area contributed by atoms with Gasteiger partial charge in [0.05, 0.1) is 4.70 Å². The number of para-hydroxylation sites is 2. The number of fused-ring (bicyclic) bond motifs is 1. The topological polar surface area (TPSA) is 45.2 Å². The molecule has 0 atom stereocenters. The molecule has 0 bridgehead atoms. The van der Waals surface area contributed by atoms with E-state index in [1.165, 1.54) is 17.4 Å². The van der Waals surface area contributed by atoms with E-state index in [9.17, 15) is 9.18 Å². The number of amides is 1. The van der Waals surface area contributed by atoms with Crippen molar-refractivity contribution in [2.45, 2.75) is 12.8 Å². The summed E-state index contributed by atoms with van der Waals surface area (Å²) in [5, 5.41) is 3.81. The molecule has 6 heteroatoms. The number of aromatic nitrogens is 1. The molecule has 1 amide bonds. The molecule has 0 aliphatic carbocycles. The standard InChI is InChI=1S/C19H18FN3OS/c20-15-7-4-8-16-17(15)22-19(25-16)23-11-9-13(10-12-23)18(24)21-14-5-2-1-3-6-14/h1-8,13H,9-12H2,(H,21,24). The number of hydrogen-bond acceptors (Lipinski definition) is 4. The summed E-state index contributed by atoms with van der Waals surface area (Å²) in [6.45, 7) is 1.52. The molecule has 25 heavy (non-hydrogen) atoms. The molecule has 4 nitrogen and oxygen atoms in total. The number of benzene rings is 2. The highest BCUT2D eigenvalue weighted by atomic mass is 32.1. The number of halogens is 1. The van der Waals surface area contributed by atoms with Gasteiger partial charge in [-0.3, -0.25) is 4.79 Å². The molecular weight excluding hydrogens is 337 g/mol. The van der Waals surface area contributed by atoms with Crippen LogP contribution < -0.4 is 10.2 Å². The van der Waals surface area contributed by atoms with Crippen molar-refractivity contribution in [1.82, 2.24) is 4.98 Å². The van der Waals surface area contributed by atoms with Crippen LogP contribution in [0.25, 0.3) is 10.2 Å². The van der Waals surface area contributed by atoms with Crippen molar-refractivity contribution in [2.24, 2.45) is 5.92 Å². The predicted molar refractivity (Wildman–Crippen MR) is 99.6 cm³/mol. The molecule has 2 aromatic carbocycles. The summed E-state index contributed by atoms with van der Waals surface area (Å²) in [5.74, 6) is -0.208. The van der Waals surface area contributed by atoms with Crippen LogP contribution in [0.5, 0.6) is 0 Å². The summed E-state index contributed by atoms with van der Waals surface area (Å²) >= 11 is 1.50. The third-order valence-corrected chi connectivity index (χ3v) is 5.62. The second-order valence-electron chi connectivity index (χ2n) is 6.20. The van der Waals surface area contributed by atoms with Gasteiger partial charge in [0.1, 0.15) is 11.3 Å². The summed E-state index contributed by atoms with van der Waals surface area (Å²) in [5.41, 5.74) is 1.27. The van der Waals surface area contributed by atoms with Gasteiger partial charge in [0.25, 0.3) is 0 Å². The van der Waals surface area contributed by atoms with Crippen molar-refractivity contribution >= 4 is 38.3 Å². The second-order valence-corrected chi connectivity index (χ2v) is 7.21. The number of carbonyl (C=O) groups is 1. The Labute approximate surface area is 149 Å². The van der Waals surface area contributed by atoms with Crippen LogP contribution in [0.2, 0.25) is 0 Å². The Balaban J connectivity index is 1.40. The molecule has 0 saturated carbocycles. The maximum absolute atomic E-state index is 13.8. The van der Waals surface area contributed by atoms with Crippen molar-refractivity contribution < 1.29 is 9.18 Å². The number of carbonyl (C=O) groups excluding carboxylic acids is 1. The fourth-order valence-corrected chi connectivity index (χ4v) is 4.17. The van der Waals surface area contributed by atoms with Crippen molar-refractivity contribution in [2.75, 3.05) is 23.3 Å². The van der Waals surface area contributed by atoms with Crippen molar-refractivity contribution in [1.29, 1.82) is 0 Å². The highest BCUT2D eigenvalue weighted by molar-refractivity contribution is 7.22. The van der Waals surface area contributed by atoms with Crippen LogP contribution in [0.15, 0.2) is 48.5 Å². The maximum Gasteiger partial charge on any atom is 0.227 e. The van der Waals surface area contributed by atoms with Crippen LogP contribution in [0.4, 0.5) is 15.2 Å². The van der Waals surface area contributed by atoms with Crippen molar-refractivity contribution in [3.8, 4) is 0 Å². The van der Waals surface area contributed by atoms with Gasteiger partial charge in [0.15, 0.2) is 5.13 Å². The lowest BCUT2D eigenvalue weighted by atomic mass is 9.96. The summed E-state index contributed by atoms with van der Waals surface area (Å²) in [4.78, 5) is 19.0. The van der Waals surface area contributed by atoms with Crippen LogP contribution in [0.3, 0.4) is 0 Å². The number of hydrogen-bond donors (Lipinski definition) is 1. The molecule has 1 aliphatic rings. The van der Waals surface area contributed by atoms with Gasteiger partial charge < -0.3 is 10.2 Å². The zero-order valence-electron chi connectivity index (χ0n) is 13.6. The fourth-order valence-electron chi connectivity index (χ4n) is 3.14. The summed E-state index contributed by atoms with van der Waals surface area (Å²) in [6, 6.07) is 14.6. The van der Waals surface area contributed by atoms with E-state index in [-0.39, 0.29) is 17.6 Å². The van der Waals surface area contributed by atoms with E-state index < -0.39 is 0 Å². The molecule has 0 radical (unpaired) electrons. The molecule has 0 spiro atoms. The zero-order valence-corrected chi connectivity index (χ0v) is 14.4. The Morgan fingerprint density at radius 2 is 1.88 bits per heavy atom. The van der Waals surface area contributed by atoms with Gasteiger partial charge in [-0.05, 0) is 37.1 Å². The Morgan fingerprint density at radius 1 is 1.12 bits per heavy atom. The third kappa shape index (κ3) is 3.35. The molecule has 4 rings (SSSR count). The minimum Gasteiger partial charge on any atom is -0.348 e. The quantitative estimate of drug-likeness (QED) is 0.762. The lowest BCUT2D eigenvalue weighted by Crippen LogP contribution is -2.38. The molecule has 1 aromatic heterocycles. The van der Waals surface area contributed by atoms with E-state index in [4.69, 9.17) is 0 Å². The van der Waals surface area contributed by atoms with E-state index in [1.54, 1.807) is 6.07 Å². The molecule has 0 unspecified atom stereocenters. The average molecular weight is 355 g/mol. The molecule has 1 fully saturated rings. The molecule has 1 N–H and O–H groups in total. The van der Waals surface area contributed by atoms with Gasteiger partial charge in [0.2, 0.25) is 5.91 Å². The van der Waals surface area contributed by atoms with Crippen LogP contribution in [-0.4, -0.2) is 24.0 Å². The maximum atomic E-state index is 13.8. The smallest absolute Gasteiger partial charge is 0.227 e. The van der Waals surface area contributed by atoms with Crippen molar-refractivity contribution in [3.05, 3.63) is 54.3 Å². The molecule has 128 valence electrons. The van der Waals surface area contributed by atoms with E-state index in [0.717, 1.165) is 41.5 Å². The minimum absolute atomic E-state index is 0.00238. The lowest BCUT2D eigenvalue weighted by Gasteiger charge is -2.31. The number of nitrogens with one attached hydrogen (secondary N) is 1. The molecule has 2 heterocycles. The molecule has 1 saturated heterocycles. The fraction of sp³-hybridized carbons (Fsp3) is 0.263. The predicted octanol–water partition coefficient (Wildman–Crippen LogP) is 4.29. The normalized spacial score (nSPS) is 15.5. The van der Waals surface area contributed by atoms with E-state index in [0.29, 0.717) is 5.52 Å². The molecule has 3 aromatic rings. The van der Waals surface area contributed by atoms with Crippen LogP contribution in [0.1, 0.15) is 12.8 Å². The van der Waals surface area contributed by atoms with Crippen LogP contribution in [0, 0.1) is 11.7 Å². The average Bonchev–Trinajstić information content (AvgIpc) is 3.08. The first-order valence-corrected chi connectivity index (χ1v) is 9.18. The number of anilines is 2. The minimum atomic E-state index is -0.280. The molecule has 1 aliphatic heterocycles. The van der Waals surface area contributed by atoms with Gasteiger partial charge in [0, 0.05) is 24.7 Å². The first-order chi connectivity index (χ1) is 12.2. The summed E-state index contributed by atoms with van der Waals surface area (Å²) in [6.07, 6.45) is 1.55. The third-order valence-electron chi connectivity index (χ3n) is 4.54. The van der Waals surface area contributed by atoms with Gasteiger partial charge in [-0.1, -0.05) is 35.6 Å². The van der Waals surface area contributed by atoms with Gasteiger partial charge in [-0.25, -0.2) is 9.37 Å². The zero-order chi connectivity index (χ0) is 17.2. The van der Waals surface area contributed by atoms with Crippen LogP contribution >= 0.6 is 11.3 Å². The van der Waals surface area contributed by atoms with E-state index in [1.807, 2.05) is 36.4 Å². The number of piperidine rings is 1. The van der Waals surface area contributed by atoms with E-state index in [2.05, 4.69) is 15.2 Å². The highest BCUT2D eigenvalue weighted by Gasteiger charge is 2.26. The summed E-state index contributed by atoms with van der Waals surface area (Å²) in [7, 11) is 0. The van der Waals surface area contributed by atoms with E-state index >= 15 is 0 Å². The largest absolute Gasteiger partial charge is 0.348 e. The SMILES string of the molecule is O=C(Nc1ccccc1)C1CCN(c2nc3c(F)cccc3s2)CC1. The van der Waals surface area contributed by atoms with Gasteiger partial charge in [-0.2, -0.15) is 0 Å². The Kier molecular flexibility index (Phi) is 4.36. The van der Waals surface area contributed by atoms with Gasteiger partial charge in [-0.15, -0.1) is 0 Å². The van der Waals surface area contributed by atoms with Crippen LogP contribution in [-0.2, 0) is 4.79 Å². The number of nitrogens with zero attached hydrogens (tertiary/aromatic N) is 2. The lowest BCUT2D eigenvalue weighted by molar-refractivity contribution is -0.120. The Bertz CT molecular complexity index is 888. The molecular formula is C19H18FN3OS. The summed E-state index contributed by atoms with van der Waals surface area (Å²) < 4.78 is 14.7. The first-order valence-electron chi connectivity index (χ1n) is 8.36. The first kappa shape index (κ1) is 16.0. The Morgan fingerprint density at radius 3 is 2.60 bits per heavy atom.